The van der Waals surface area contributed by atoms with Crippen LogP contribution in [0.2, 0.25) is 0 Å². The molecule has 1 aromatic heterocycles. The van der Waals surface area contributed by atoms with E-state index in [1.807, 2.05) is 0 Å². The highest BCUT2D eigenvalue weighted by Gasteiger charge is 2.37. The van der Waals surface area contributed by atoms with Gasteiger partial charge in [0.05, 0.1) is 11.1 Å². The van der Waals surface area contributed by atoms with Gasteiger partial charge in [-0.1, -0.05) is 6.92 Å². The van der Waals surface area contributed by atoms with Crippen LogP contribution in [0.1, 0.15) is 63.6 Å². The number of anilines is 2. The van der Waals surface area contributed by atoms with Crippen molar-refractivity contribution in [3.63, 3.8) is 0 Å². The van der Waals surface area contributed by atoms with Crippen LogP contribution >= 0.6 is 0 Å². The first-order chi connectivity index (χ1) is 13.6. The molecule has 0 spiro atoms. The number of aromatic nitrogens is 1. The number of hydrogen-bond donors (Lipinski definition) is 1. The zero-order valence-corrected chi connectivity index (χ0v) is 17.9. The minimum atomic E-state index is -0.473. The maximum absolute atomic E-state index is 10.7. The van der Waals surface area contributed by atoms with Crippen molar-refractivity contribution in [2.45, 2.75) is 65.5 Å². The van der Waals surface area contributed by atoms with Crippen molar-refractivity contribution in [2.24, 2.45) is 5.10 Å². The van der Waals surface area contributed by atoms with Crippen molar-refractivity contribution < 1.29 is 4.92 Å². The summed E-state index contributed by atoms with van der Waals surface area (Å²) in [5, 5.41) is 15.0. The minimum Gasteiger partial charge on any atom is -0.364 e. The zero-order chi connectivity index (χ0) is 21.3. The van der Waals surface area contributed by atoms with E-state index in [1.165, 1.54) is 23.5 Å². The van der Waals surface area contributed by atoms with E-state index in [-0.39, 0.29) is 11.2 Å². The van der Waals surface area contributed by atoms with Crippen LogP contribution in [0.15, 0.2) is 35.6 Å². The van der Waals surface area contributed by atoms with Crippen LogP contribution in [-0.4, -0.2) is 27.7 Å². The topological polar surface area (TPSA) is 83.7 Å². The Morgan fingerprint density at radius 2 is 2.10 bits per heavy atom. The lowest BCUT2D eigenvalue weighted by molar-refractivity contribution is -0.385. The van der Waals surface area contributed by atoms with Gasteiger partial charge in [-0.3, -0.25) is 15.5 Å². The summed E-state index contributed by atoms with van der Waals surface area (Å²) in [5.41, 5.74) is 7.77. The van der Waals surface area contributed by atoms with Crippen molar-refractivity contribution in [1.29, 1.82) is 0 Å². The van der Waals surface area contributed by atoms with Gasteiger partial charge in [0.25, 0.3) is 5.69 Å². The molecular formula is C22H29N5O2. The molecule has 1 aliphatic heterocycles. The molecular weight excluding hydrogens is 366 g/mol. The predicted molar refractivity (Wildman–Crippen MR) is 118 cm³/mol. The lowest BCUT2D eigenvalue weighted by atomic mass is 9.78. The number of rotatable bonds is 5. The molecule has 1 unspecified atom stereocenters. The molecule has 0 amide bonds. The molecule has 0 saturated carbocycles. The van der Waals surface area contributed by atoms with Crippen molar-refractivity contribution >= 4 is 23.4 Å². The summed E-state index contributed by atoms with van der Waals surface area (Å²) in [6.45, 7) is 13.5. The summed E-state index contributed by atoms with van der Waals surface area (Å²) < 4.78 is 0. The second-order valence-electron chi connectivity index (χ2n) is 8.68. The first-order valence-corrected chi connectivity index (χ1v) is 9.93. The van der Waals surface area contributed by atoms with Gasteiger partial charge in [-0.2, -0.15) is 5.10 Å². The third kappa shape index (κ3) is 4.23. The first-order valence-electron chi connectivity index (χ1n) is 9.93. The number of pyridine rings is 1. The molecule has 7 nitrogen and oxygen atoms in total. The first kappa shape index (κ1) is 20.8. The summed E-state index contributed by atoms with van der Waals surface area (Å²) in [6.07, 6.45) is 4.10. The molecule has 0 radical (unpaired) electrons. The van der Waals surface area contributed by atoms with Crippen LogP contribution in [0.25, 0.3) is 0 Å². The molecule has 0 fully saturated rings. The monoisotopic (exact) mass is 395 g/mol. The lowest BCUT2D eigenvalue weighted by Crippen LogP contribution is -2.51. The highest BCUT2D eigenvalue weighted by molar-refractivity contribution is 5.84. The summed E-state index contributed by atoms with van der Waals surface area (Å²) >= 11 is 0. The third-order valence-electron chi connectivity index (χ3n) is 5.52. The second-order valence-corrected chi connectivity index (χ2v) is 8.68. The van der Waals surface area contributed by atoms with E-state index < -0.39 is 4.92 Å². The van der Waals surface area contributed by atoms with E-state index in [4.69, 9.17) is 0 Å². The fourth-order valence-electron chi connectivity index (χ4n) is 4.46. The summed E-state index contributed by atoms with van der Waals surface area (Å²) in [4.78, 5) is 16.8. The standard InChI is InChI=1S/C22H29N5O2/c1-14(2)26-20-9-15(3)17(10-19(20)16(4)11-22(26,5)6)12-24-25-21-8-7-18(13-23-21)27(28)29/h7-10,12-14,16H,11H2,1-6H3,(H,23,25)/b24-12+. The third-order valence-corrected chi connectivity index (χ3v) is 5.52. The van der Waals surface area contributed by atoms with Crippen LogP contribution in [0.4, 0.5) is 17.2 Å². The van der Waals surface area contributed by atoms with E-state index >= 15 is 0 Å². The number of hydrogen-bond acceptors (Lipinski definition) is 6. The second kappa shape index (κ2) is 7.81. The molecule has 1 atom stereocenters. The Kier molecular flexibility index (Phi) is 5.59. The Bertz CT molecular complexity index is 935. The van der Waals surface area contributed by atoms with Gasteiger partial charge >= 0.3 is 0 Å². The number of nitro groups is 1. The maximum Gasteiger partial charge on any atom is 0.287 e. The van der Waals surface area contributed by atoms with Crippen molar-refractivity contribution in [3.05, 3.63) is 57.3 Å². The smallest absolute Gasteiger partial charge is 0.287 e. The highest BCUT2D eigenvalue weighted by atomic mass is 16.6. The van der Waals surface area contributed by atoms with Gasteiger partial charge in [-0.15, -0.1) is 0 Å². The van der Waals surface area contributed by atoms with E-state index in [0.29, 0.717) is 17.8 Å². The summed E-state index contributed by atoms with van der Waals surface area (Å²) in [7, 11) is 0. The average molecular weight is 396 g/mol. The number of nitrogens with zero attached hydrogens (tertiary/aromatic N) is 4. The normalized spacial score (nSPS) is 18.2. The van der Waals surface area contributed by atoms with E-state index in [2.05, 4.69) is 74.1 Å². The fourth-order valence-corrected chi connectivity index (χ4v) is 4.46. The molecule has 3 rings (SSSR count). The lowest BCUT2D eigenvalue weighted by Gasteiger charge is -2.50. The van der Waals surface area contributed by atoms with Gasteiger partial charge in [0.2, 0.25) is 0 Å². The van der Waals surface area contributed by atoms with Crippen LogP contribution in [0.5, 0.6) is 0 Å². The minimum absolute atomic E-state index is 0.0447. The van der Waals surface area contributed by atoms with Gasteiger partial charge in [0.15, 0.2) is 0 Å². The largest absolute Gasteiger partial charge is 0.364 e. The molecule has 154 valence electrons. The van der Waals surface area contributed by atoms with Crippen LogP contribution in [-0.2, 0) is 0 Å². The van der Waals surface area contributed by atoms with Crippen LogP contribution < -0.4 is 10.3 Å². The quantitative estimate of drug-likeness (QED) is 0.425. The number of hydrazone groups is 1. The average Bonchev–Trinajstić information content (AvgIpc) is 2.62. The fraction of sp³-hybridized carbons (Fsp3) is 0.455. The number of benzene rings is 1. The van der Waals surface area contributed by atoms with Gasteiger partial charge < -0.3 is 4.90 Å². The van der Waals surface area contributed by atoms with Crippen LogP contribution in [0, 0.1) is 17.0 Å². The molecule has 7 heteroatoms. The van der Waals surface area contributed by atoms with Gasteiger partial charge in [-0.05, 0) is 81.8 Å². The maximum atomic E-state index is 10.7. The van der Waals surface area contributed by atoms with Crippen molar-refractivity contribution in [1.82, 2.24) is 4.98 Å². The van der Waals surface area contributed by atoms with E-state index in [9.17, 15) is 10.1 Å². The van der Waals surface area contributed by atoms with Gasteiger partial charge in [-0.25, -0.2) is 4.98 Å². The molecule has 0 saturated heterocycles. The molecule has 0 aliphatic carbocycles. The molecule has 0 bridgehead atoms. The predicted octanol–water partition coefficient (Wildman–Crippen LogP) is 5.24. The summed E-state index contributed by atoms with van der Waals surface area (Å²) in [6, 6.07) is 7.86. The Morgan fingerprint density at radius 1 is 1.38 bits per heavy atom. The Hall–Kier alpha value is -2.96. The molecule has 1 aromatic carbocycles. The van der Waals surface area contributed by atoms with Gasteiger partial charge in [0.1, 0.15) is 12.0 Å². The summed E-state index contributed by atoms with van der Waals surface area (Å²) in [5.74, 6) is 0.926. The zero-order valence-electron chi connectivity index (χ0n) is 17.9. The Balaban J connectivity index is 1.85. The molecule has 29 heavy (non-hydrogen) atoms. The van der Waals surface area contributed by atoms with Crippen molar-refractivity contribution in [2.75, 3.05) is 10.3 Å². The van der Waals surface area contributed by atoms with Crippen molar-refractivity contribution in [3.8, 4) is 0 Å². The Morgan fingerprint density at radius 3 is 2.69 bits per heavy atom. The molecule has 2 aromatic rings. The number of nitrogens with one attached hydrogen (secondary N) is 1. The van der Waals surface area contributed by atoms with Gasteiger partial charge in [0, 0.05) is 23.3 Å². The number of fused-ring (bicyclic) bond motifs is 1. The Labute approximate surface area is 172 Å². The number of aryl methyl sites for hydroxylation is 1. The molecule has 1 aliphatic rings. The van der Waals surface area contributed by atoms with E-state index in [0.717, 1.165) is 17.5 Å². The SMILES string of the molecule is Cc1cc2c(cc1/C=N/Nc1ccc([N+](=O)[O-])cn1)C(C)CC(C)(C)N2C(C)C. The molecule has 1 N–H and O–H groups in total. The van der Waals surface area contributed by atoms with Crippen LogP contribution in [0.3, 0.4) is 0 Å². The highest BCUT2D eigenvalue weighted by Crippen LogP contribution is 2.45. The molecule has 2 heterocycles. The van der Waals surface area contributed by atoms with E-state index in [1.54, 1.807) is 12.3 Å².